The van der Waals surface area contributed by atoms with Crippen molar-refractivity contribution in [3.8, 4) is 0 Å². The molecule has 0 aromatic carbocycles. The Hall–Kier alpha value is -2.13. The van der Waals surface area contributed by atoms with E-state index in [1.165, 1.54) is 11.1 Å². The highest BCUT2D eigenvalue weighted by Crippen LogP contribution is 2.36. The fraction of sp³-hybridized carbons (Fsp3) is 0.458. The largest absolute Gasteiger partial charge is 0.320 e. The molecule has 2 aromatic rings. The highest BCUT2D eigenvalue weighted by Gasteiger charge is 2.40. The van der Waals surface area contributed by atoms with Gasteiger partial charge in [-0.15, -0.1) is 0 Å². The van der Waals surface area contributed by atoms with E-state index in [0.29, 0.717) is 5.92 Å². The number of rotatable bonds is 5. The van der Waals surface area contributed by atoms with Crippen LogP contribution in [-0.2, 0) is 0 Å². The van der Waals surface area contributed by atoms with Crippen molar-refractivity contribution in [1.82, 2.24) is 4.40 Å². The van der Waals surface area contributed by atoms with Crippen LogP contribution >= 0.6 is 0 Å². The lowest BCUT2D eigenvalue weighted by molar-refractivity contribution is -0.933. The van der Waals surface area contributed by atoms with Crippen LogP contribution in [0.1, 0.15) is 61.6 Å². The van der Waals surface area contributed by atoms with Crippen LogP contribution in [0.3, 0.4) is 0 Å². The first-order valence-corrected chi connectivity index (χ1v) is 9.87. The molecule has 0 saturated carbocycles. The van der Waals surface area contributed by atoms with Gasteiger partial charge in [0, 0.05) is 31.0 Å². The molecule has 0 N–H and O–H groups in total. The van der Waals surface area contributed by atoms with Gasteiger partial charge in [0.25, 0.3) is 0 Å². The lowest BCUT2D eigenvalue weighted by atomic mass is 9.85. The molecule has 1 aliphatic rings. The summed E-state index contributed by atoms with van der Waals surface area (Å²) < 4.78 is 2.98. The number of carbonyl (C=O) groups excluding carboxylic acids is 1. The van der Waals surface area contributed by atoms with E-state index in [1.807, 2.05) is 12.3 Å². The average molecular weight is 366 g/mol. The molecule has 3 nitrogen and oxygen atoms in total. The second-order valence-electron chi connectivity index (χ2n) is 9.01. The number of ketones is 1. The minimum Gasteiger partial charge on any atom is -0.320 e. The molecule has 3 heteroatoms. The SMILES string of the molecule is CC(=O)c1c(C)c(C(C)C[N+](C)(C)C2(C)C=CC(C)=CC2)c2ccccn12. The molecule has 0 spiro atoms. The standard InChI is InChI=1S/C24H33N2O/c1-17-11-13-24(5,14-12-17)26(6,7)16-18(2)22-19(3)23(20(4)27)25-15-9-8-10-21(22)25/h8-13,15,18H,14,16H2,1-7H3/q+1. The number of allylic oxidation sites excluding steroid dienone is 2. The van der Waals surface area contributed by atoms with Crippen molar-refractivity contribution in [3.05, 3.63) is 65.0 Å². The van der Waals surface area contributed by atoms with Crippen LogP contribution in [0.15, 0.2) is 48.2 Å². The van der Waals surface area contributed by atoms with Crippen LogP contribution in [0.25, 0.3) is 5.52 Å². The van der Waals surface area contributed by atoms with E-state index in [0.717, 1.165) is 34.2 Å². The number of quaternary nitrogens is 1. The number of hydrogen-bond acceptors (Lipinski definition) is 1. The molecular formula is C24H33N2O+. The fourth-order valence-electron chi connectivity index (χ4n) is 4.66. The third kappa shape index (κ3) is 3.29. The Morgan fingerprint density at radius 1 is 1.30 bits per heavy atom. The highest BCUT2D eigenvalue weighted by molar-refractivity contribution is 5.96. The summed E-state index contributed by atoms with van der Waals surface area (Å²) in [5.74, 6) is 0.478. The molecule has 2 unspecified atom stereocenters. The van der Waals surface area contributed by atoms with Crippen LogP contribution in [0.5, 0.6) is 0 Å². The first-order valence-electron chi connectivity index (χ1n) is 9.87. The predicted octanol–water partition coefficient (Wildman–Crippen LogP) is 5.30. The smallest absolute Gasteiger partial charge is 0.176 e. The maximum atomic E-state index is 12.3. The molecule has 0 amide bonds. The van der Waals surface area contributed by atoms with Crippen molar-refractivity contribution >= 4 is 11.3 Å². The number of pyridine rings is 1. The zero-order valence-corrected chi connectivity index (χ0v) is 17.8. The van der Waals surface area contributed by atoms with Crippen molar-refractivity contribution < 1.29 is 9.28 Å². The Balaban J connectivity index is 2.00. The number of fused-ring (bicyclic) bond motifs is 1. The molecule has 144 valence electrons. The Labute approximate surface area is 163 Å². The van der Waals surface area contributed by atoms with Gasteiger partial charge in [0.15, 0.2) is 5.78 Å². The zero-order chi connectivity index (χ0) is 20.0. The van der Waals surface area contributed by atoms with Crippen LogP contribution in [-0.4, -0.2) is 40.8 Å². The van der Waals surface area contributed by atoms with Gasteiger partial charge in [0.2, 0.25) is 0 Å². The quantitative estimate of drug-likeness (QED) is 0.521. The minimum atomic E-state index is 0.0839. The maximum Gasteiger partial charge on any atom is 0.176 e. The summed E-state index contributed by atoms with van der Waals surface area (Å²) in [5.41, 5.74) is 5.85. The second kappa shape index (κ2) is 6.79. The Bertz CT molecular complexity index is 945. The molecule has 2 heterocycles. The predicted molar refractivity (Wildman–Crippen MR) is 113 cm³/mol. The van der Waals surface area contributed by atoms with E-state index >= 15 is 0 Å². The first-order chi connectivity index (χ1) is 12.6. The van der Waals surface area contributed by atoms with E-state index < -0.39 is 0 Å². The fourth-order valence-corrected chi connectivity index (χ4v) is 4.66. The summed E-state index contributed by atoms with van der Waals surface area (Å²) in [6, 6.07) is 6.20. The van der Waals surface area contributed by atoms with Gasteiger partial charge in [-0.1, -0.05) is 30.7 Å². The third-order valence-electron chi connectivity index (χ3n) is 6.62. The van der Waals surface area contributed by atoms with Crippen LogP contribution < -0.4 is 0 Å². The Kier molecular flexibility index (Phi) is 4.94. The number of carbonyl (C=O) groups is 1. The van der Waals surface area contributed by atoms with Crippen molar-refractivity contribution in [1.29, 1.82) is 0 Å². The average Bonchev–Trinajstić information content (AvgIpc) is 2.89. The van der Waals surface area contributed by atoms with E-state index in [9.17, 15) is 4.79 Å². The summed E-state index contributed by atoms with van der Waals surface area (Å²) in [4.78, 5) is 12.3. The summed E-state index contributed by atoms with van der Waals surface area (Å²) >= 11 is 0. The van der Waals surface area contributed by atoms with Crippen molar-refractivity contribution in [2.45, 2.75) is 52.5 Å². The van der Waals surface area contributed by atoms with Crippen LogP contribution in [0.4, 0.5) is 0 Å². The molecule has 0 aliphatic heterocycles. The van der Waals surface area contributed by atoms with Crippen molar-refractivity contribution in [2.24, 2.45) is 0 Å². The molecule has 0 radical (unpaired) electrons. The van der Waals surface area contributed by atoms with Gasteiger partial charge in [0.1, 0.15) is 5.54 Å². The van der Waals surface area contributed by atoms with Gasteiger partial charge in [-0.2, -0.15) is 0 Å². The Morgan fingerprint density at radius 2 is 2.00 bits per heavy atom. The molecule has 2 aromatic heterocycles. The van der Waals surface area contributed by atoms with Gasteiger partial charge < -0.3 is 8.88 Å². The van der Waals surface area contributed by atoms with Gasteiger partial charge in [0.05, 0.1) is 26.3 Å². The van der Waals surface area contributed by atoms with Gasteiger partial charge in [-0.3, -0.25) is 4.79 Å². The molecule has 27 heavy (non-hydrogen) atoms. The molecule has 0 saturated heterocycles. The number of Topliss-reactive ketones (excluding diaryl/α,β-unsaturated/α-hetero) is 1. The van der Waals surface area contributed by atoms with E-state index in [4.69, 9.17) is 0 Å². The molecule has 0 fully saturated rings. The molecule has 2 atom stereocenters. The van der Waals surface area contributed by atoms with Gasteiger partial charge in [-0.05, 0) is 50.1 Å². The summed E-state index contributed by atoms with van der Waals surface area (Å²) in [5, 5.41) is 0. The zero-order valence-electron chi connectivity index (χ0n) is 17.8. The summed E-state index contributed by atoms with van der Waals surface area (Å²) in [6.07, 6.45) is 10.0. The molecule has 3 rings (SSSR count). The minimum absolute atomic E-state index is 0.0839. The summed E-state index contributed by atoms with van der Waals surface area (Å²) in [6.45, 7) is 11.6. The topological polar surface area (TPSA) is 21.5 Å². The molecule has 0 bridgehead atoms. The monoisotopic (exact) mass is 365 g/mol. The van der Waals surface area contributed by atoms with E-state index in [-0.39, 0.29) is 11.3 Å². The number of aromatic nitrogens is 1. The van der Waals surface area contributed by atoms with Gasteiger partial charge in [-0.25, -0.2) is 0 Å². The number of hydrogen-bond donors (Lipinski definition) is 0. The highest BCUT2D eigenvalue weighted by atomic mass is 16.1. The molecule has 1 aliphatic carbocycles. The third-order valence-corrected chi connectivity index (χ3v) is 6.62. The van der Waals surface area contributed by atoms with Crippen molar-refractivity contribution in [2.75, 3.05) is 20.6 Å². The van der Waals surface area contributed by atoms with Crippen LogP contribution in [0.2, 0.25) is 0 Å². The van der Waals surface area contributed by atoms with E-state index in [1.54, 1.807) is 6.92 Å². The molecular weight excluding hydrogens is 332 g/mol. The van der Waals surface area contributed by atoms with Gasteiger partial charge >= 0.3 is 0 Å². The van der Waals surface area contributed by atoms with Crippen molar-refractivity contribution in [3.63, 3.8) is 0 Å². The number of nitrogens with zero attached hydrogens (tertiary/aromatic N) is 2. The number of likely N-dealkylation sites (N-methyl/N-ethyl adjacent to an activating group) is 1. The Morgan fingerprint density at radius 3 is 2.59 bits per heavy atom. The van der Waals surface area contributed by atoms with E-state index in [2.05, 4.69) is 76.6 Å². The lowest BCUT2D eigenvalue weighted by Gasteiger charge is -2.47. The first kappa shape index (κ1) is 19.6. The maximum absolute atomic E-state index is 12.3. The lowest BCUT2D eigenvalue weighted by Crippen LogP contribution is -2.58. The normalized spacial score (nSPS) is 21.4. The summed E-state index contributed by atoms with van der Waals surface area (Å²) in [7, 11) is 4.66. The second-order valence-corrected chi connectivity index (χ2v) is 9.01. The van der Waals surface area contributed by atoms with Crippen LogP contribution in [0, 0.1) is 6.92 Å².